The van der Waals surface area contributed by atoms with E-state index in [9.17, 15) is 14.0 Å². The molecule has 0 bridgehead atoms. The first-order valence-corrected chi connectivity index (χ1v) is 10.7. The van der Waals surface area contributed by atoms with E-state index >= 15 is 0 Å². The van der Waals surface area contributed by atoms with Gasteiger partial charge in [-0.2, -0.15) is 4.98 Å². The number of nitrogens with zero attached hydrogens (tertiary/aromatic N) is 3. The Labute approximate surface area is 197 Å². The molecular weight excluding hydrogens is 491 g/mol. The van der Waals surface area contributed by atoms with Gasteiger partial charge in [-0.3, -0.25) is 9.36 Å². The molecule has 0 spiro atoms. The predicted molar refractivity (Wildman–Crippen MR) is 131 cm³/mol. The molecule has 0 unspecified atom stereocenters. The monoisotopic (exact) mass is 510 g/mol. The van der Waals surface area contributed by atoms with Crippen LogP contribution >= 0.6 is 15.9 Å². The van der Waals surface area contributed by atoms with Gasteiger partial charge < -0.3 is 16.0 Å². The van der Waals surface area contributed by atoms with Gasteiger partial charge in [-0.25, -0.2) is 14.2 Å². The van der Waals surface area contributed by atoms with E-state index in [4.69, 9.17) is 0 Å². The van der Waals surface area contributed by atoms with Gasteiger partial charge in [-0.1, -0.05) is 22.0 Å². The van der Waals surface area contributed by atoms with Crippen molar-refractivity contribution in [3.63, 3.8) is 0 Å². The maximum absolute atomic E-state index is 14.7. The van der Waals surface area contributed by atoms with Gasteiger partial charge in [0.2, 0.25) is 5.95 Å². The number of halogens is 2. The first-order valence-electron chi connectivity index (χ1n) is 9.95. The third kappa shape index (κ3) is 4.56. The van der Waals surface area contributed by atoms with Gasteiger partial charge in [-0.15, -0.1) is 0 Å². The first kappa shape index (κ1) is 22.4. The van der Waals surface area contributed by atoms with Gasteiger partial charge in [0.05, 0.1) is 5.69 Å². The molecule has 0 saturated heterocycles. The fourth-order valence-electron chi connectivity index (χ4n) is 3.47. The minimum absolute atomic E-state index is 0.0490. The number of amides is 2. The molecule has 10 heteroatoms. The smallest absolute Gasteiger partial charge is 0.323 e. The molecule has 2 heterocycles. The van der Waals surface area contributed by atoms with Crippen LogP contribution in [-0.2, 0) is 7.05 Å². The molecule has 33 heavy (non-hydrogen) atoms. The zero-order valence-electron chi connectivity index (χ0n) is 18.0. The van der Waals surface area contributed by atoms with Crippen LogP contribution in [0.1, 0.15) is 5.56 Å². The number of anilines is 3. The Morgan fingerprint density at radius 2 is 1.91 bits per heavy atom. The number of carbonyl (C=O) groups is 1. The molecule has 0 radical (unpaired) electrons. The highest BCUT2D eigenvalue weighted by Crippen LogP contribution is 2.29. The van der Waals surface area contributed by atoms with E-state index < -0.39 is 11.8 Å². The van der Waals surface area contributed by atoms with Crippen LogP contribution in [-0.4, -0.2) is 27.6 Å². The van der Waals surface area contributed by atoms with Crippen molar-refractivity contribution in [1.29, 1.82) is 0 Å². The average Bonchev–Trinajstić information content (AvgIpc) is 2.78. The molecule has 0 saturated carbocycles. The van der Waals surface area contributed by atoms with E-state index in [-0.39, 0.29) is 11.2 Å². The van der Waals surface area contributed by atoms with E-state index in [1.165, 1.54) is 16.7 Å². The van der Waals surface area contributed by atoms with Crippen molar-refractivity contribution in [2.45, 2.75) is 6.92 Å². The van der Waals surface area contributed by atoms with Crippen LogP contribution in [0.25, 0.3) is 22.2 Å². The topological polar surface area (TPSA) is 101 Å². The van der Waals surface area contributed by atoms with Gasteiger partial charge in [0.1, 0.15) is 11.5 Å². The minimum atomic E-state index is -0.611. The van der Waals surface area contributed by atoms with E-state index in [2.05, 4.69) is 41.8 Å². The summed E-state index contributed by atoms with van der Waals surface area (Å²) in [5.41, 5.74) is 2.05. The zero-order chi connectivity index (χ0) is 23.7. The lowest BCUT2D eigenvalue weighted by Gasteiger charge is -2.14. The largest absolute Gasteiger partial charge is 0.357 e. The van der Waals surface area contributed by atoms with Crippen LogP contribution in [0.4, 0.5) is 26.5 Å². The number of hydrogen-bond donors (Lipinski definition) is 3. The van der Waals surface area contributed by atoms with E-state index in [1.807, 2.05) is 6.07 Å². The standard InChI is InChI=1S/C23H20BrFN6O2/c1-12-7-18(25)19(29-23(33)28-15-6-4-5-14(24)9-15)10-16(12)17-8-13-11-27-22(26-2)30-20(13)31(3)21(17)32/h4-11H,1-3H3,(H,26,27,30)(H2,28,29,33). The fourth-order valence-corrected chi connectivity index (χ4v) is 3.87. The molecule has 2 amide bonds. The van der Waals surface area contributed by atoms with Gasteiger partial charge in [0.15, 0.2) is 0 Å². The highest BCUT2D eigenvalue weighted by atomic mass is 79.9. The quantitative estimate of drug-likeness (QED) is 0.362. The Kier molecular flexibility index (Phi) is 6.10. The highest BCUT2D eigenvalue weighted by molar-refractivity contribution is 9.10. The van der Waals surface area contributed by atoms with Gasteiger partial charge in [0, 0.05) is 41.4 Å². The molecule has 0 fully saturated rings. The number of nitrogens with one attached hydrogen (secondary N) is 3. The molecule has 0 aliphatic rings. The fraction of sp³-hybridized carbons (Fsp3) is 0.130. The van der Waals surface area contributed by atoms with Gasteiger partial charge >= 0.3 is 6.03 Å². The summed E-state index contributed by atoms with van der Waals surface area (Å²) in [6.07, 6.45) is 1.61. The number of carbonyl (C=O) groups excluding carboxylic acids is 1. The second-order valence-electron chi connectivity index (χ2n) is 7.38. The minimum Gasteiger partial charge on any atom is -0.357 e. The van der Waals surface area contributed by atoms with Gasteiger partial charge in [-0.05, 0) is 54.4 Å². The molecule has 4 rings (SSSR count). The second-order valence-corrected chi connectivity index (χ2v) is 8.30. The summed E-state index contributed by atoms with van der Waals surface area (Å²) in [5.74, 6) is -0.216. The van der Waals surface area contributed by atoms with Crippen LogP contribution in [0, 0.1) is 12.7 Å². The van der Waals surface area contributed by atoms with Crippen molar-refractivity contribution in [1.82, 2.24) is 14.5 Å². The Balaban J connectivity index is 1.73. The van der Waals surface area contributed by atoms with Crippen molar-refractivity contribution < 1.29 is 9.18 Å². The van der Waals surface area contributed by atoms with Crippen molar-refractivity contribution in [2.24, 2.45) is 7.05 Å². The Morgan fingerprint density at radius 1 is 1.12 bits per heavy atom. The molecule has 168 valence electrons. The molecular formula is C23H20BrFN6O2. The SMILES string of the molecule is CNc1ncc2cc(-c3cc(NC(=O)Nc4cccc(Br)c4)c(F)cc3C)c(=O)n(C)c2n1. The summed E-state index contributed by atoms with van der Waals surface area (Å²) in [6.45, 7) is 1.70. The number of fused-ring (bicyclic) bond motifs is 1. The van der Waals surface area contributed by atoms with Crippen LogP contribution in [0.2, 0.25) is 0 Å². The second kappa shape index (κ2) is 8.99. The Bertz CT molecular complexity index is 1450. The van der Waals surface area contributed by atoms with Crippen LogP contribution in [0.3, 0.4) is 0 Å². The van der Waals surface area contributed by atoms with Crippen molar-refractivity contribution in [2.75, 3.05) is 23.0 Å². The number of benzene rings is 2. The molecule has 0 atom stereocenters. The molecule has 0 aliphatic carbocycles. The lowest BCUT2D eigenvalue weighted by Crippen LogP contribution is -2.22. The Morgan fingerprint density at radius 3 is 2.64 bits per heavy atom. The summed E-state index contributed by atoms with van der Waals surface area (Å²) in [5, 5.41) is 8.67. The van der Waals surface area contributed by atoms with E-state index in [1.54, 1.807) is 51.5 Å². The van der Waals surface area contributed by atoms with Crippen LogP contribution in [0.5, 0.6) is 0 Å². The summed E-state index contributed by atoms with van der Waals surface area (Å²) in [6, 6.07) is 10.8. The van der Waals surface area contributed by atoms with Crippen LogP contribution in [0.15, 0.2) is 57.9 Å². The maximum atomic E-state index is 14.7. The average molecular weight is 511 g/mol. The molecule has 4 aromatic rings. The summed E-state index contributed by atoms with van der Waals surface area (Å²) < 4.78 is 16.9. The Hall–Kier alpha value is -3.79. The molecule has 2 aromatic heterocycles. The first-order chi connectivity index (χ1) is 15.8. The number of hydrogen-bond acceptors (Lipinski definition) is 5. The highest BCUT2D eigenvalue weighted by Gasteiger charge is 2.17. The maximum Gasteiger partial charge on any atom is 0.323 e. The number of aryl methyl sites for hydroxylation is 2. The number of urea groups is 1. The number of pyridine rings is 1. The van der Waals surface area contributed by atoms with Gasteiger partial charge in [0.25, 0.3) is 5.56 Å². The lowest BCUT2D eigenvalue weighted by atomic mass is 9.99. The molecule has 0 aliphatic heterocycles. The van der Waals surface area contributed by atoms with E-state index in [0.717, 1.165) is 4.47 Å². The third-order valence-corrected chi connectivity index (χ3v) is 5.60. The third-order valence-electron chi connectivity index (χ3n) is 5.11. The van der Waals surface area contributed by atoms with E-state index in [0.29, 0.717) is 39.4 Å². The zero-order valence-corrected chi connectivity index (χ0v) is 19.6. The lowest BCUT2D eigenvalue weighted by molar-refractivity contribution is 0.262. The summed E-state index contributed by atoms with van der Waals surface area (Å²) in [4.78, 5) is 34.1. The normalized spacial score (nSPS) is 10.8. The number of aromatic nitrogens is 3. The summed E-state index contributed by atoms with van der Waals surface area (Å²) >= 11 is 3.34. The number of rotatable bonds is 4. The van der Waals surface area contributed by atoms with Crippen molar-refractivity contribution in [3.05, 3.63) is 74.9 Å². The molecule has 2 aromatic carbocycles. The predicted octanol–water partition coefficient (Wildman–Crippen LogP) is 4.89. The molecule has 3 N–H and O–H groups in total. The molecule has 8 nitrogen and oxygen atoms in total. The van der Waals surface area contributed by atoms with Crippen molar-refractivity contribution >= 4 is 50.3 Å². The summed E-state index contributed by atoms with van der Waals surface area (Å²) in [7, 11) is 3.31. The van der Waals surface area contributed by atoms with Crippen molar-refractivity contribution in [3.8, 4) is 11.1 Å². The van der Waals surface area contributed by atoms with Crippen LogP contribution < -0.4 is 21.5 Å².